The number of H-pyrrole nitrogens is 1. The molecule has 0 bridgehead atoms. The van der Waals surface area contributed by atoms with Crippen LogP contribution in [-0.4, -0.2) is 25.7 Å². The first kappa shape index (κ1) is 14.7. The number of hydrogen-bond acceptors (Lipinski definition) is 3. The summed E-state index contributed by atoms with van der Waals surface area (Å²) in [4.78, 5) is 17.1. The maximum Gasteiger partial charge on any atom is 0.272 e. The summed E-state index contributed by atoms with van der Waals surface area (Å²) in [6.45, 7) is 0. The van der Waals surface area contributed by atoms with Gasteiger partial charge < -0.3 is 9.88 Å². The van der Waals surface area contributed by atoms with E-state index in [4.69, 9.17) is 0 Å². The minimum absolute atomic E-state index is 0.199. The van der Waals surface area contributed by atoms with Crippen molar-refractivity contribution in [3.63, 3.8) is 0 Å². The minimum Gasteiger partial charge on any atom is -0.337 e. The van der Waals surface area contributed by atoms with Gasteiger partial charge >= 0.3 is 0 Å². The zero-order chi connectivity index (χ0) is 16.5. The van der Waals surface area contributed by atoms with Crippen LogP contribution in [0.5, 0.6) is 0 Å². The third-order valence-electron chi connectivity index (χ3n) is 4.37. The van der Waals surface area contributed by atoms with Crippen LogP contribution in [0.2, 0.25) is 0 Å². The van der Waals surface area contributed by atoms with Crippen molar-refractivity contribution in [2.24, 2.45) is 7.05 Å². The summed E-state index contributed by atoms with van der Waals surface area (Å²) >= 11 is 0. The predicted octanol–water partition coefficient (Wildman–Crippen LogP) is 2.54. The van der Waals surface area contributed by atoms with E-state index in [0.717, 1.165) is 17.1 Å². The normalized spacial score (nSPS) is 15.2. The van der Waals surface area contributed by atoms with Crippen LogP contribution >= 0.6 is 0 Å². The first-order valence-corrected chi connectivity index (χ1v) is 8.10. The van der Waals surface area contributed by atoms with Crippen LogP contribution in [0.3, 0.4) is 0 Å². The van der Waals surface area contributed by atoms with E-state index >= 15 is 0 Å². The molecule has 2 heterocycles. The average molecular weight is 321 g/mol. The quantitative estimate of drug-likeness (QED) is 0.758. The van der Waals surface area contributed by atoms with Gasteiger partial charge in [0.1, 0.15) is 17.6 Å². The van der Waals surface area contributed by atoms with Crippen LogP contribution in [0.25, 0.3) is 0 Å². The Balaban J connectivity index is 1.61. The molecule has 3 aromatic rings. The number of hydrogen-bond donors (Lipinski definition) is 2. The van der Waals surface area contributed by atoms with Crippen molar-refractivity contribution in [2.45, 2.75) is 24.8 Å². The van der Waals surface area contributed by atoms with Gasteiger partial charge in [-0.05, 0) is 24.5 Å². The maximum atomic E-state index is 12.7. The highest BCUT2D eigenvalue weighted by Crippen LogP contribution is 2.39. The molecule has 1 aliphatic rings. The van der Waals surface area contributed by atoms with Gasteiger partial charge in [0, 0.05) is 31.1 Å². The number of aromatic amines is 1. The highest BCUT2D eigenvalue weighted by Gasteiger charge is 2.27. The second kappa shape index (κ2) is 5.96. The molecule has 1 aliphatic carbocycles. The number of imidazole rings is 1. The summed E-state index contributed by atoms with van der Waals surface area (Å²) in [5.74, 6) is 1.13. The topological polar surface area (TPSA) is 75.6 Å². The highest BCUT2D eigenvalue weighted by molar-refractivity contribution is 5.92. The van der Waals surface area contributed by atoms with Crippen LogP contribution in [-0.2, 0) is 7.05 Å². The molecule has 0 spiro atoms. The second-order valence-corrected chi connectivity index (χ2v) is 6.20. The van der Waals surface area contributed by atoms with Crippen LogP contribution in [0, 0.1) is 0 Å². The molecule has 122 valence electrons. The number of benzene rings is 1. The Labute approximate surface area is 139 Å². The molecule has 2 N–H and O–H groups in total. The molecule has 6 nitrogen and oxygen atoms in total. The van der Waals surface area contributed by atoms with Crippen molar-refractivity contribution in [2.75, 3.05) is 0 Å². The van der Waals surface area contributed by atoms with Gasteiger partial charge in [-0.2, -0.15) is 5.10 Å². The molecule has 1 atom stereocenters. The lowest BCUT2D eigenvalue weighted by atomic mass is 10.1. The maximum absolute atomic E-state index is 12.7. The molecule has 0 saturated heterocycles. The standard InChI is InChI=1S/C18H19N5O/c1-23-10-9-19-17(23)16(13-5-3-2-4-6-13)20-18(24)15-11-14(21-22-15)12-7-8-12/h2-6,9-12,16H,7-8H2,1H3,(H,20,24)(H,21,22). The van der Waals surface area contributed by atoms with E-state index in [9.17, 15) is 4.79 Å². The van der Waals surface area contributed by atoms with E-state index in [1.165, 1.54) is 12.8 Å². The number of carbonyl (C=O) groups excluding carboxylic acids is 1. The van der Waals surface area contributed by atoms with Crippen molar-refractivity contribution >= 4 is 5.91 Å². The highest BCUT2D eigenvalue weighted by atomic mass is 16.2. The first-order chi connectivity index (χ1) is 11.7. The smallest absolute Gasteiger partial charge is 0.272 e. The molecule has 24 heavy (non-hydrogen) atoms. The van der Waals surface area contributed by atoms with Gasteiger partial charge in [-0.3, -0.25) is 9.89 Å². The minimum atomic E-state index is -0.320. The summed E-state index contributed by atoms with van der Waals surface area (Å²) < 4.78 is 1.91. The van der Waals surface area contributed by atoms with Crippen LogP contribution in [0.15, 0.2) is 48.8 Å². The number of nitrogens with one attached hydrogen (secondary N) is 2. The molecule has 1 amide bonds. The molecular weight excluding hydrogens is 302 g/mol. The Morgan fingerprint density at radius 2 is 2.12 bits per heavy atom. The average Bonchev–Trinajstić information content (AvgIpc) is 3.18. The third-order valence-corrected chi connectivity index (χ3v) is 4.37. The number of aromatic nitrogens is 4. The van der Waals surface area contributed by atoms with Crippen LogP contribution < -0.4 is 5.32 Å². The van der Waals surface area contributed by atoms with E-state index in [1.54, 1.807) is 6.20 Å². The number of amides is 1. The summed E-state index contributed by atoms with van der Waals surface area (Å²) in [6.07, 6.45) is 5.95. The zero-order valence-corrected chi connectivity index (χ0v) is 13.4. The molecule has 1 fully saturated rings. The lowest BCUT2D eigenvalue weighted by Gasteiger charge is -2.18. The first-order valence-electron chi connectivity index (χ1n) is 8.10. The van der Waals surface area contributed by atoms with Crippen LogP contribution in [0.1, 0.15) is 52.4 Å². The van der Waals surface area contributed by atoms with Crippen molar-refractivity contribution in [3.8, 4) is 0 Å². The Hall–Kier alpha value is -2.89. The summed E-state index contributed by atoms with van der Waals surface area (Å²) in [7, 11) is 1.92. The fourth-order valence-electron chi connectivity index (χ4n) is 2.86. The molecule has 2 aromatic heterocycles. The Bertz CT molecular complexity index is 847. The summed E-state index contributed by atoms with van der Waals surface area (Å²) in [6, 6.07) is 11.4. The fraction of sp³-hybridized carbons (Fsp3) is 0.278. The van der Waals surface area contributed by atoms with E-state index in [-0.39, 0.29) is 11.9 Å². The van der Waals surface area contributed by atoms with Crippen molar-refractivity contribution < 1.29 is 4.79 Å². The summed E-state index contributed by atoms with van der Waals surface area (Å²) in [5.41, 5.74) is 2.46. The molecule has 1 unspecified atom stereocenters. The van der Waals surface area contributed by atoms with Gasteiger partial charge in [0.25, 0.3) is 5.91 Å². The summed E-state index contributed by atoms with van der Waals surface area (Å²) in [5, 5.41) is 10.2. The molecule has 0 aliphatic heterocycles. The van der Waals surface area contributed by atoms with Gasteiger partial charge in [0.2, 0.25) is 0 Å². The molecule has 1 aromatic carbocycles. The van der Waals surface area contributed by atoms with Crippen molar-refractivity contribution in [3.05, 3.63) is 71.6 Å². The van der Waals surface area contributed by atoms with Gasteiger partial charge in [0.05, 0.1) is 0 Å². The monoisotopic (exact) mass is 321 g/mol. The van der Waals surface area contributed by atoms with E-state index in [1.807, 2.05) is 54.2 Å². The zero-order valence-electron chi connectivity index (χ0n) is 13.4. The van der Waals surface area contributed by atoms with E-state index in [0.29, 0.717) is 11.6 Å². The molecule has 1 saturated carbocycles. The van der Waals surface area contributed by atoms with Gasteiger partial charge in [-0.1, -0.05) is 30.3 Å². The molecule has 4 rings (SSSR count). The second-order valence-electron chi connectivity index (χ2n) is 6.20. The molecule has 6 heteroatoms. The predicted molar refractivity (Wildman–Crippen MR) is 89.5 cm³/mol. The third kappa shape index (κ3) is 2.82. The number of nitrogens with zero attached hydrogens (tertiary/aromatic N) is 3. The SMILES string of the molecule is Cn1ccnc1C(NC(=O)c1cc(C2CC2)[nH]n1)c1ccccc1. The van der Waals surface area contributed by atoms with E-state index < -0.39 is 0 Å². The number of aryl methyl sites for hydroxylation is 1. The largest absolute Gasteiger partial charge is 0.337 e. The van der Waals surface area contributed by atoms with Gasteiger partial charge in [-0.25, -0.2) is 4.98 Å². The molecular formula is C18H19N5O. The van der Waals surface area contributed by atoms with Crippen molar-refractivity contribution in [1.29, 1.82) is 0 Å². The van der Waals surface area contributed by atoms with Gasteiger partial charge in [-0.15, -0.1) is 0 Å². The Kier molecular flexibility index (Phi) is 3.65. The van der Waals surface area contributed by atoms with Crippen LogP contribution in [0.4, 0.5) is 0 Å². The molecule has 0 radical (unpaired) electrons. The van der Waals surface area contributed by atoms with Crippen molar-refractivity contribution in [1.82, 2.24) is 25.1 Å². The Morgan fingerprint density at radius 3 is 2.79 bits per heavy atom. The lowest BCUT2D eigenvalue weighted by Crippen LogP contribution is -2.31. The Morgan fingerprint density at radius 1 is 1.33 bits per heavy atom. The van der Waals surface area contributed by atoms with E-state index in [2.05, 4.69) is 20.5 Å². The van der Waals surface area contributed by atoms with Gasteiger partial charge in [0.15, 0.2) is 0 Å². The number of carbonyl (C=O) groups is 1. The fourth-order valence-corrected chi connectivity index (χ4v) is 2.86. The lowest BCUT2D eigenvalue weighted by molar-refractivity contribution is 0.0936. The number of rotatable bonds is 5.